The highest BCUT2D eigenvalue weighted by molar-refractivity contribution is 6.32. The van der Waals surface area contributed by atoms with Gasteiger partial charge in [-0.2, -0.15) is 0 Å². The summed E-state index contributed by atoms with van der Waals surface area (Å²) in [4.78, 5) is 24.4. The van der Waals surface area contributed by atoms with Crippen LogP contribution in [0.5, 0.6) is 11.5 Å². The van der Waals surface area contributed by atoms with Gasteiger partial charge >= 0.3 is 0 Å². The Morgan fingerprint density at radius 3 is 2.71 bits per heavy atom. The number of ketones is 1. The number of nitrogens with zero attached hydrogens (tertiary/aromatic N) is 1. The SMILES string of the molecule is CC(=O)c1cn2c(cc1=O)-c1cc(Cl)c(OCC3CC3)cc1OCC2C(C)C. The summed E-state index contributed by atoms with van der Waals surface area (Å²) in [6.07, 6.45) is 4.06. The molecule has 5 nitrogen and oxygen atoms in total. The molecule has 1 saturated carbocycles. The second-order valence-corrected chi connectivity index (χ2v) is 8.46. The maximum Gasteiger partial charge on any atom is 0.192 e. The summed E-state index contributed by atoms with van der Waals surface area (Å²) in [7, 11) is 0. The molecule has 28 heavy (non-hydrogen) atoms. The number of fused-ring (bicyclic) bond motifs is 3. The van der Waals surface area contributed by atoms with Crippen LogP contribution in [0.15, 0.2) is 29.2 Å². The molecule has 0 spiro atoms. The Labute approximate surface area is 169 Å². The minimum absolute atomic E-state index is 0.0179. The van der Waals surface area contributed by atoms with E-state index in [4.69, 9.17) is 21.1 Å². The van der Waals surface area contributed by atoms with Gasteiger partial charge in [-0.25, -0.2) is 0 Å². The number of carbonyl (C=O) groups is 1. The first-order valence-electron chi connectivity index (χ1n) is 9.71. The van der Waals surface area contributed by atoms with Crippen LogP contribution in [0.2, 0.25) is 5.02 Å². The number of pyridine rings is 1. The number of hydrogen-bond donors (Lipinski definition) is 0. The fourth-order valence-corrected chi connectivity index (χ4v) is 3.75. The van der Waals surface area contributed by atoms with Gasteiger partial charge in [0.15, 0.2) is 11.2 Å². The van der Waals surface area contributed by atoms with Crippen molar-refractivity contribution in [3.8, 4) is 22.8 Å². The van der Waals surface area contributed by atoms with Crippen LogP contribution in [0.4, 0.5) is 0 Å². The summed E-state index contributed by atoms with van der Waals surface area (Å²) in [5, 5.41) is 0.487. The topological polar surface area (TPSA) is 57.5 Å². The van der Waals surface area contributed by atoms with Gasteiger partial charge in [-0.1, -0.05) is 25.4 Å². The summed E-state index contributed by atoms with van der Waals surface area (Å²) in [5.41, 5.74) is 1.34. The van der Waals surface area contributed by atoms with Crippen molar-refractivity contribution in [1.82, 2.24) is 4.57 Å². The number of halogens is 1. The monoisotopic (exact) mass is 401 g/mol. The zero-order chi connectivity index (χ0) is 20.0. The third kappa shape index (κ3) is 3.55. The highest BCUT2D eigenvalue weighted by Gasteiger charge is 2.28. The van der Waals surface area contributed by atoms with Gasteiger partial charge in [0.05, 0.1) is 28.9 Å². The Balaban J connectivity index is 1.84. The van der Waals surface area contributed by atoms with E-state index >= 15 is 0 Å². The maximum atomic E-state index is 12.5. The van der Waals surface area contributed by atoms with E-state index in [-0.39, 0.29) is 28.7 Å². The Hall–Kier alpha value is -2.27. The quantitative estimate of drug-likeness (QED) is 0.678. The third-order valence-electron chi connectivity index (χ3n) is 5.48. The lowest BCUT2D eigenvalue weighted by Crippen LogP contribution is -2.25. The van der Waals surface area contributed by atoms with Crippen LogP contribution in [0.3, 0.4) is 0 Å². The van der Waals surface area contributed by atoms with Crippen LogP contribution >= 0.6 is 11.6 Å². The number of hydrogen-bond acceptors (Lipinski definition) is 4. The third-order valence-corrected chi connectivity index (χ3v) is 5.77. The van der Waals surface area contributed by atoms with E-state index in [1.807, 2.05) is 10.6 Å². The molecular formula is C22H24ClNO4. The summed E-state index contributed by atoms with van der Waals surface area (Å²) in [6, 6.07) is 5.10. The molecule has 148 valence electrons. The van der Waals surface area contributed by atoms with Crippen molar-refractivity contribution in [3.05, 3.63) is 45.2 Å². The molecule has 1 aromatic carbocycles. The predicted octanol–water partition coefficient (Wildman–Crippen LogP) is 4.75. The molecule has 1 aliphatic heterocycles. The molecule has 1 fully saturated rings. The van der Waals surface area contributed by atoms with Gasteiger partial charge in [-0.05, 0) is 37.7 Å². The summed E-state index contributed by atoms with van der Waals surface area (Å²) in [6.45, 7) is 6.69. The number of rotatable bonds is 5. The molecule has 2 heterocycles. The molecule has 1 atom stereocenters. The molecule has 0 bridgehead atoms. The molecule has 2 aromatic rings. The van der Waals surface area contributed by atoms with Crippen molar-refractivity contribution in [2.45, 2.75) is 39.7 Å². The van der Waals surface area contributed by atoms with Crippen molar-refractivity contribution >= 4 is 17.4 Å². The van der Waals surface area contributed by atoms with Crippen molar-refractivity contribution in [3.63, 3.8) is 0 Å². The lowest BCUT2D eigenvalue weighted by molar-refractivity contribution is 0.101. The average Bonchev–Trinajstić information content (AvgIpc) is 3.46. The van der Waals surface area contributed by atoms with E-state index in [1.54, 1.807) is 12.3 Å². The van der Waals surface area contributed by atoms with Crippen molar-refractivity contribution < 1.29 is 14.3 Å². The van der Waals surface area contributed by atoms with Crippen LogP contribution in [0.1, 0.15) is 50.0 Å². The number of Topliss-reactive ketones (excluding diaryl/α,β-unsaturated/α-hetero) is 1. The Morgan fingerprint density at radius 2 is 2.07 bits per heavy atom. The molecule has 1 unspecified atom stereocenters. The van der Waals surface area contributed by atoms with Gasteiger partial charge in [0.2, 0.25) is 0 Å². The molecule has 0 amide bonds. The van der Waals surface area contributed by atoms with E-state index < -0.39 is 0 Å². The van der Waals surface area contributed by atoms with Gasteiger partial charge in [0.25, 0.3) is 0 Å². The lowest BCUT2D eigenvalue weighted by Gasteiger charge is -2.24. The molecule has 0 radical (unpaired) electrons. The average molecular weight is 402 g/mol. The Kier molecular flexibility index (Phi) is 4.96. The van der Waals surface area contributed by atoms with E-state index in [1.165, 1.54) is 25.8 Å². The predicted molar refractivity (Wildman–Crippen MR) is 109 cm³/mol. The largest absolute Gasteiger partial charge is 0.492 e. The minimum atomic E-state index is -0.292. The van der Waals surface area contributed by atoms with Crippen molar-refractivity contribution in [2.75, 3.05) is 13.2 Å². The van der Waals surface area contributed by atoms with Gasteiger partial charge in [-0.15, -0.1) is 0 Å². The highest BCUT2D eigenvalue weighted by Crippen LogP contribution is 2.42. The smallest absolute Gasteiger partial charge is 0.192 e. The fraction of sp³-hybridized carbons (Fsp3) is 0.455. The molecule has 6 heteroatoms. The summed E-state index contributed by atoms with van der Waals surface area (Å²) < 4.78 is 14.0. The van der Waals surface area contributed by atoms with E-state index in [0.29, 0.717) is 41.3 Å². The molecule has 0 N–H and O–H groups in total. The Morgan fingerprint density at radius 1 is 1.32 bits per heavy atom. The molecule has 0 saturated heterocycles. The standard InChI is InChI=1S/C22H24ClNO4/c1-12(2)19-11-28-21-8-22(27-10-14-4-5-14)17(23)6-15(21)18-7-20(26)16(13(3)25)9-24(18)19/h6-9,12,14,19H,4-5,10-11H2,1-3H3. The first-order chi connectivity index (χ1) is 13.3. The van der Waals surface area contributed by atoms with Crippen LogP contribution in [0.25, 0.3) is 11.3 Å². The van der Waals surface area contributed by atoms with E-state index in [9.17, 15) is 9.59 Å². The fourth-order valence-electron chi connectivity index (χ4n) is 3.53. The van der Waals surface area contributed by atoms with E-state index in [2.05, 4.69) is 13.8 Å². The first-order valence-corrected chi connectivity index (χ1v) is 10.1. The second kappa shape index (κ2) is 7.28. The highest BCUT2D eigenvalue weighted by atomic mass is 35.5. The van der Waals surface area contributed by atoms with Gasteiger partial charge in [0, 0.05) is 23.9 Å². The zero-order valence-electron chi connectivity index (χ0n) is 16.3. The minimum Gasteiger partial charge on any atom is -0.492 e. The number of benzene rings is 1. The molecule has 4 rings (SSSR count). The van der Waals surface area contributed by atoms with Crippen LogP contribution in [-0.4, -0.2) is 23.6 Å². The van der Waals surface area contributed by atoms with Gasteiger partial charge in [0.1, 0.15) is 18.1 Å². The zero-order valence-corrected chi connectivity index (χ0v) is 17.1. The first kappa shape index (κ1) is 19.1. The van der Waals surface area contributed by atoms with Crippen LogP contribution in [-0.2, 0) is 0 Å². The second-order valence-electron chi connectivity index (χ2n) is 8.06. The molecule has 2 aliphatic rings. The van der Waals surface area contributed by atoms with Crippen LogP contribution < -0.4 is 14.9 Å². The van der Waals surface area contributed by atoms with Gasteiger partial charge < -0.3 is 14.0 Å². The number of ether oxygens (including phenoxy) is 2. The van der Waals surface area contributed by atoms with Crippen molar-refractivity contribution in [2.24, 2.45) is 11.8 Å². The van der Waals surface area contributed by atoms with Gasteiger partial charge in [-0.3, -0.25) is 9.59 Å². The molecule has 1 aromatic heterocycles. The molecular weight excluding hydrogens is 378 g/mol. The number of aromatic nitrogens is 1. The lowest BCUT2D eigenvalue weighted by atomic mass is 10.0. The van der Waals surface area contributed by atoms with Crippen molar-refractivity contribution in [1.29, 1.82) is 0 Å². The number of carbonyl (C=O) groups excluding carboxylic acids is 1. The normalized spacial score (nSPS) is 18.1. The van der Waals surface area contributed by atoms with E-state index in [0.717, 1.165) is 5.56 Å². The maximum absolute atomic E-state index is 12.5. The summed E-state index contributed by atoms with van der Waals surface area (Å²) in [5.74, 6) is 1.86. The van der Waals surface area contributed by atoms with Crippen LogP contribution in [0, 0.1) is 11.8 Å². The molecule has 1 aliphatic carbocycles. The Bertz CT molecular complexity index is 991. The summed E-state index contributed by atoms with van der Waals surface area (Å²) >= 11 is 6.48.